The van der Waals surface area contributed by atoms with Crippen LogP contribution in [-0.4, -0.2) is 27.1 Å². The van der Waals surface area contributed by atoms with Crippen molar-refractivity contribution in [3.05, 3.63) is 63.6 Å². The van der Waals surface area contributed by atoms with E-state index in [1.807, 2.05) is 58.0 Å². The summed E-state index contributed by atoms with van der Waals surface area (Å²) in [6.07, 6.45) is -0.194. The molecule has 1 atom stereocenters. The fourth-order valence-corrected chi connectivity index (χ4v) is 3.88. The van der Waals surface area contributed by atoms with Crippen molar-refractivity contribution in [1.82, 2.24) is 9.13 Å². The lowest BCUT2D eigenvalue weighted by Gasteiger charge is -2.17. The molecule has 0 radical (unpaired) electrons. The zero-order valence-electron chi connectivity index (χ0n) is 18.7. The zero-order valence-corrected chi connectivity index (χ0v) is 18.7. The van der Waals surface area contributed by atoms with Crippen LogP contribution in [0, 0.1) is 20.8 Å². The number of rotatable bonds is 7. The van der Waals surface area contributed by atoms with Crippen LogP contribution in [0.15, 0.2) is 41.2 Å². The van der Waals surface area contributed by atoms with Crippen LogP contribution in [0.4, 0.5) is 5.69 Å². The lowest BCUT2D eigenvalue weighted by molar-refractivity contribution is -0.153. The van der Waals surface area contributed by atoms with Gasteiger partial charge in [0, 0.05) is 12.2 Å². The quantitative estimate of drug-likeness (QED) is 0.588. The Bertz CT molecular complexity index is 1170. The van der Waals surface area contributed by atoms with Crippen LogP contribution < -0.4 is 11.0 Å². The summed E-state index contributed by atoms with van der Waals surface area (Å²) in [5.41, 5.74) is 4.90. The topological polar surface area (TPSA) is 82.3 Å². The molecule has 0 bridgehead atoms. The number of hydrogen-bond donors (Lipinski definition) is 1. The Morgan fingerprint density at radius 2 is 1.61 bits per heavy atom. The summed E-state index contributed by atoms with van der Waals surface area (Å²) >= 11 is 0. The van der Waals surface area contributed by atoms with Crippen LogP contribution in [-0.2, 0) is 27.4 Å². The number of benzene rings is 2. The molecular formula is C24H29N3O4. The summed E-state index contributed by atoms with van der Waals surface area (Å²) < 4.78 is 8.39. The summed E-state index contributed by atoms with van der Waals surface area (Å²) in [6, 6.07) is 11.3. The second kappa shape index (κ2) is 9.20. The maximum atomic E-state index is 12.8. The van der Waals surface area contributed by atoms with E-state index in [1.165, 1.54) is 11.5 Å². The number of carbonyl (C=O) groups is 2. The molecule has 2 aromatic carbocycles. The van der Waals surface area contributed by atoms with Crippen molar-refractivity contribution >= 4 is 28.6 Å². The molecule has 7 nitrogen and oxygen atoms in total. The van der Waals surface area contributed by atoms with Gasteiger partial charge in [0.15, 0.2) is 6.10 Å². The van der Waals surface area contributed by atoms with Crippen molar-refractivity contribution < 1.29 is 14.3 Å². The number of anilines is 1. The van der Waals surface area contributed by atoms with Gasteiger partial charge >= 0.3 is 11.7 Å². The fourth-order valence-electron chi connectivity index (χ4n) is 3.88. The molecule has 1 unspecified atom stereocenters. The zero-order chi connectivity index (χ0) is 22.7. The van der Waals surface area contributed by atoms with Crippen molar-refractivity contribution in [3.63, 3.8) is 0 Å². The number of hydrogen-bond acceptors (Lipinski definition) is 4. The molecule has 31 heavy (non-hydrogen) atoms. The van der Waals surface area contributed by atoms with E-state index in [2.05, 4.69) is 5.32 Å². The van der Waals surface area contributed by atoms with Gasteiger partial charge in [-0.1, -0.05) is 36.8 Å². The Hall–Kier alpha value is -3.35. The summed E-state index contributed by atoms with van der Waals surface area (Å²) in [5.74, 6) is -1.05. The molecular weight excluding hydrogens is 394 g/mol. The molecule has 0 saturated carbocycles. The highest BCUT2D eigenvalue weighted by molar-refractivity contribution is 5.96. The number of esters is 1. The molecule has 0 aliphatic heterocycles. The summed E-state index contributed by atoms with van der Waals surface area (Å²) in [4.78, 5) is 38.0. The first kappa shape index (κ1) is 22.3. The Balaban J connectivity index is 1.73. The summed E-state index contributed by atoms with van der Waals surface area (Å²) in [5, 5.41) is 2.85. The van der Waals surface area contributed by atoms with Crippen molar-refractivity contribution in [1.29, 1.82) is 0 Å². The molecule has 0 saturated heterocycles. The maximum Gasteiger partial charge on any atom is 0.329 e. The molecule has 7 heteroatoms. The average Bonchev–Trinajstić information content (AvgIpc) is 2.96. The van der Waals surface area contributed by atoms with Gasteiger partial charge in [-0.05, 0) is 57.4 Å². The Morgan fingerprint density at radius 3 is 2.19 bits per heavy atom. The Kier molecular flexibility index (Phi) is 6.63. The average molecular weight is 424 g/mol. The Labute approximate surface area is 181 Å². The molecule has 0 fully saturated rings. The number of carbonyl (C=O) groups excluding carboxylic acids is 2. The largest absolute Gasteiger partial charge is 0.451 e. The number of para-hydroxylation sites is 2. The van der Waals surface area contributed by atoms with E-state index in [1.54, 1.807) is 10.6 Å². The van der Waals surface area contributed by atoms with E-state index < -0.39 is 18.0 Å². The van der Waals surface area contributed by atoms with Gasteiger partial charge in [0.1, 0.15) is 6.54 Å². The van der Waals surface area contributed by atoms with Gasteiger partial charge in [-0.2, -0.15) is 0 Å². The van der Waals surface area contributed by atoms with Gasteiger partial charge in [-0.15, -0.1) is 0 Å². The minimum Gasteiger partial charge on any atom is -0.451 e. The third-order valence-electron chi connectivity index (χ3n) is 5.26. The first-order chi connectivity index (χ1) is 14.7. The highest BCUT2D eigenvalue weighted by Gasteiger charge is 2.21. The number of fused-ring (bicyclic) bond motifs is 1. The van der Waals surface area contributed by atoms with Crippen LogP contribution in [0.1, 0.15) is 37.0 Å². The van der Waals surface area contributed by atoms with Crippen LogP contribution in [0.2, 0.25) is 0 Å². The third kappa shape index (κ3) is 4.71. The maximum absolute atomic E-state index is 12.8. The minimum atomic E-state index is -0.993. The van der Waals surface area contributed by atoms with Crippen LogP contribution >= 0.6 is 0 Å². The van der Waals surface area contributed by atoms with Gasteiger partial charge in [0.2, 0.25) is 0 Å². The summed E-state index contributed by atoms with van der Waals surface area (Å²) in [6.45, 7) is 9.66. The lowest BCUT2D eigenvalue weighted by atomic mass is 10.0. The van der Waals surface area contributed by atoms with Crippen LogP contribution in [0.25, 0.3) is 11.0 Å². The first-order valence-electron chi connectivity index (χ1n) is 10.5. The van der Waals surface area contributed by atoms with E-state index in [0.717, 1.165) is 34.3 Å². The molecule has 3 rings (SSSR count). The van der Waals surface area contributed by atoms with Crippen molar-refractivity contribution in [2.24, 2.45) is 0 Å². The van der Waals surface area contributed by atoms with Gasteiger partial charge in [-0.25, -0.2) is 4.79 Å². The number of nitrogens with one attached hydrogen (secondary N) is 1. The predicted molar refractivity (Wildman–Crippen MR) is 121 cm³/mol. The third-order valence-corrected chi connectivity index (χ3v) is 5.26. The van der Waals surface area contributed by atoms with Gasteiger partial charge < -0.3 is 10.1 Å². The predicted octanol–water partition coefficient (Wildman–Crippen LogP) is 3.71. The van der Waals surface area contributed by atoms with Crippen molar-refractivity contribution in [2.45, 2.75) is 60.2 Å². The molecule has 1 aromatic heterocycles. The number of aromatic nitrogens is 2. The molecule has 0 spiro atoms. The van der Waals surface area contributed by atoms with E-state index in [-0.39, 0.29) is 12.2 Å². The van der Waals surface area contributed by atoms with E-state index >= 15 is 0 Å². The van der Waals surface area contributed by atoms with Crippen molar-refractivity contribution in [2.75, 3.05) is 5.32 Å². The van der Waals surface area contributed by atoms with Crippen LogP contribution in [0.5, 0.6) is 0 Å². The second-order valence-electron chi connectivity index (χ2n) is 7.90. The van der Waals surface area contributed by atoms with Crippen LogP contribution in [0.3, 0.4) is 0 Å². The van der Waals surface area contributed by atoms with Crippen molar-refractivity contribution in [3.8, 4) is 0 Å². The highest BCUT2D eigenvalue weighted by Crippen LogP contribution is 2.22. The number of aryl methyl sites for hydroxylation is 4. The molecule has 1 N–H and O–H groups in total. The van der Waals surface area contributed by atoms with Gasteiger partial charge in [-0.3, -0.25) is 18.7 Å². The molecule has 0 aliphatic carbocycles. The molecule has 1 amide bonds. The standard InChI is InChI=1S/C24H29N3O4/c1-6-11-26-19-9-7-8-10-20(19)27(24(26)30)14-21(28)31-18(5)23(29)25-22-16(3)12-15(2)13-17(22)4/h7-10,12-13,18H,6,11,14H2,1-5H3,(H,25,29). The molecule has 1 heterocycles. The van der Waals surface area contributed by atoms with E-state index in [4.69, 9.17) is 4.74 Å². The lowest BCUT2D eigenvalue weighted by Crippen LogP contribution is -2.33. The first-order valence-corrected chi connectivity index (χ1v) is 10.5. The number of imidazole rings is 1. The number of nitrogens with zero attached hydrogens (tertiary/aromatic N) is 2. The molecule has 0 aliphatic rings. The smallest absolute Gasteiger partial charge is 0.329 e. The summed E-state index contributed by atoms with van der Waals surface area (Å²) in [7, 11) is 0. The monoisotopic (exact) mass is 423 g/mol. The minimum absolute atomic E-state index is 0.254. The molecule has 3 aromatic rings. The highest BCUT2D eigenvalue weighted by atomic mass is 16.5. The van der Waals surface area contributed by atoms with E-state index in [9.17, 15) is 14.4 Å². The Morgan fingerprint density at radius 1 is 1.03 bits per heavy atom. The number of ether oxygens (including phenoxy) is 1. The molecule has 164 valence electrons. The second-order valence-corrected chi connectivity index (χ2v) is 7.90. The number of amides is 1. The van der Waals surface area contributed by atoms with Gasteiger partial charge in [0.25, 0.3) is 5.91 Å². The normalized spacial score (nSPS) is 12.0. The fraction of sp³-hybridized carbons (Fsp3) is 0.375. The van der Waals surface area contributed by atoms with E-state index in [0.29, 0.717) is 12.1 Å². The van der Waals surface area contributed by atoms with Gasteiger partial charge in [0.05, 0.1) is 11.0 Å². The SMILES string of the molecule is CCCn1c(=O)n(CC(=O)OC(C)C(=O)Nc2c(C)cc(C)cc2C)c2ccccc21.